The molecule has 0 aliphatic heterocycles. The molecule has 1 fully saturated rings. The van der Waals surface area contributed by atoms with Gasteiger partial charge in [0.15, 0.2) is 0 Å². The number of aliphatic hydroxyl groups excluding tert-OH is 1. The zero-order chi connectivity index (χ0) is 7.84. The van der Waals surface area contributed by atoms with Gasteiger partial charge in [-0.3, -0.25) is 0 Å². The molecule has 1 aliphatic rings. The smallest absolute Gasteiger partial charge is 0.115 e. The fourth-order valence-electron chi connectivity index (χ4n) is 1.30. The first-order valence-electron chi connectivity index (χ1n) is 3.74. The van der Waals surface area contributed by atoms with Crippen molar-refractivity contribution in [1.82, 2.24) is 0 Å². The lowest BCUT2D eigenvalue weighted by atomic mass is 10.1. The van der Waals surface area contributed by atoms with E-state index in [1.165, 1.54) is 0 Å². The number of phenols is 1. The Bertz CT molecular complexity index is 270. The second-order valence-electron chi connectivity index (χ2n) is 3.00. The van der Waals surface area contributed by atoms with Crippen LogP contribution in [0.4, 0.5) is 0 Å². The van der Waals surface area contributed by atoms with E-state index in [9.17, 15) is 0 Å². The molecule has 1 aliphatic carbocycles. The first-order chi connectivity index (χ1) is 5.27. The van der Waals surface area contributed by atoms with E-state index in [1.807, 2.05) is 6.07 Å². The Morgan fingerprint density at radius 3 is 2.64 bits per heavy atom. The van der Waals surface area contributed by atoms with Crippen LogP contribution in [0.25, 0.3) is 0 Å². The summed E-state index contributed by atoms with van der Waals surface area (Å²) in [5.74, 6) is 0.545. The molecule has 0 aromatic heterocycles. The monoisotopic (exact) mass is 150 g/mol. The largest absolute Gasteiger partial charge is 0.508 e. The van der Waals surface area contributed by atoms with Gasteiger partial charge >= 0.3 is 0 Å². The highest BCUT2D eigenvalue weighted by Crippen LogP contribution is 2.41. The molecule has 2 atom stereocenters. The van der Waals surface area contributed by atoms with Crippen molar-refractivity contribution in [3.8, 4) is 5.75 Å². The summed E-state index contributed by atoms with van der Waals surface area (Å²) >= 11 is 0. The number of phenolic OH excluding ortho intramolecular Hbond substituents is 1. The second-order valence-corrected chi connectivity index (χ2v) is 3.00. The lowest BCUT2D eigenvalue weighted by Gasteiger charge is -1.97. The minimum absolute atomic E-state index is 0.184. The van der Waals surface area contributed by atoms with Gasteiger partial charge in [-0.25, -0.2) is 0 Å². The van der Waals surface area contributed by atoms with Crippen LogP contribution < -0.4 is 0 Å². The van der Waals surface area contributed by atoms with Gasteiger partial charge in [0.1, 0.15) is 5.75 Å². The van der Waals surface area contributed by atoms with Crippen molar-refractivity contribution >= 4 is 0 Å². The predicted molar refractivity (Wildman–Crippen MR) is 41.5 cm³/mol. The van der Waals surface area contributed by atoms with Crippen LogP contribution in [-0.2, 0) is 0 Å². The topological polar surface area (TPSA) is 40.5 Å². The average Bonchev–Trinajstić information content (AvgIpc) is 2.67. The number of aromatic hydroxyl groups is 1. The zero-order valence-corrected chi connectivity index (χ0v) is 6.07. The highest BCUT2D eigenvalue weighted by Gasteiger charge is 2.36. The van der Waals surface area contributed by atoms with Crippen molar-refractivity contribution in [1.29, 1.82) is 0 Å². The van der Waals surface area contributed by atoms with Crippen LogP contribution in [-0.4, -0.2) is 16.3 Å². The molecule has 2 N–H and O–H groups in total. The molecule has 1 aromatic rings. The van der Waals surface area contributed by atoms with E-state index in [-0.39, 0.29) is 17.8 Å². The highest BCUT2D eigenvalue weighted by atomic mass is 16.3. The van der Waals surface area contributed by atoms with Crippen LogP contribution in [0.3, 0.4) is 0 Å². The van der Waals surface area contributed by atoms with Gasteiger partial charge in [-0.15, -0.1) is 0 Å². The van der Waals surface area contributed by atoms with Gasteiger partial charge < -0.3 is 10.2 Å². The van der Waals surface area contributed by atoms with E-state index in [2.05, 4.69) is 0 Å². The third kappa shape index (κ3) is 1.21. The third-order valence-electron chi connectivity index (χ3n) is 2.06. The normalized spacial score (nSPS) is 28.5. The highest BCUT2D eigenvalue weighted by molar-refractivity contribution is 5.33. The van der Waals surface area contributed by atoms with Crippen LogP contribution in [0.2, 0.25) is 0 Å². The molecular weight excluding hydrogens is 140 g/mol. The van der Waals surface area contributed by atoms with Crippen LogP contribution in [0, 0.1) is 0 Å². The van der Waals surface area contributed by atoms with Gasteiger partial charge in [0.25, 0.3) is 0 Å². The van der Waals surface area contributed by atoms with E-state index in [0.29, 0.717) is 0 Å². The lowest BCUT2D eigenvalue weighted by Crippen LogP contribution is -1.84. The molecule has 2 heteroatoms. The third-order valence-corrected chi connectivity index (χ3v) is 2.06. The summed E-state index contributed by atoms with van der Waals surface area (Å²) in [6.07, 6.45) is 0.653. The van der Waals surface area contributed by atoms with Gasteiger partial charge in [0.05, 0.1) is 6.10 Å². The number of rotatable bonds is 1. The fourth-order valence-corrected chi connectivity index (χ4v) is 1.30. The van der Waals surface area contributed by atoms with Gasteiger partial charge in [-0.2, -0.15) is 0 Å². The predicted octanol–water partition coefficient (Wildman–Crippen LogP) is 1.24. The van der Waals surface area contributed by atoms with E-state index < -0.39 is 0 Å². The van der Waals surface area contributed by atoms with Crippen LogP contribution in [0.1, 0.15) is 17.9 Å². The summed E-state index contributed by atoms with van der Waals surface area (Å²) in [5.41, 5.74) is 1.04. The summed E-state index contributed by atoms with van der Waals surface area (Å²) in [6, 6.07) is 7.08. The van der Waals surface area contributed by atoms with Gasteiger partial charge in [0.2, 0.25) is 0 Å². The van der Waals surface area contributed by atoms with Crippen molar-refractivity contribution in [2.75, 3.05) is 0 Å². The Morgan fingerprint density at radius 2 is 2.09 bits per heavy atom. The van der Waals surface area contributed by atoms with Crippen LogP contribution in [0.15, 0.2) is 24.3 Å². The summed E-state index contributed by atoms with van der Waals surface area (Å²) in [4.78, 5) is 0. The molecule has 2 nitrogen and oxygen atoms in total. The van der Waals surface area contributed by atoms with Crippen molar-refractivity contribution in [2.24, 2.45) is 0 Å². The Kier molecular flexibility index (Phi) is 1.36. The Balaban J connectivity index is 2.25. The molecule has 1 saturated carbocycles. The first-order valence-corrected chi connectivity index (χ1v) is 3.74. The van der Waals surface area contributed by atoms with Crippen molar-refractivity contribution in [3.63, 3.8) is 0 Å². The minimum atomic E-state index is -0.184. The second kappa shape index (κ2) is 2.24. The summed E-state index contributed by atoms with van der Waals surface area (Å²) < 4.78 is 0. The number of hydrogen-bond acceptors (Lipinski definition) is 2. The van der Waals surface area contributed by atoms with Gasteiger partial charge in [0, 0.05) is 5.92 Å². The summed E-state index contributed by atoms with van der Waals surface area (Å²) in [5, 5.41) is 18.2. The molecular formula is C9H10O2. The van der Waals surface area contributed by atoms with Crippen molar-refractivity contribution < 1.29 is 10.2 Å². The standard InChI is InChI=1S/C9H10O2/c10-7-3-1-2-6(4-7)8-5-9(8)11/h1-4,8-11H,5H2. The van der Waals surface area contributed by atoms with E-state index >= 15 is 0 Å². The van der Waals surface area contributed by atoms with Crippen molar-refractivity contribution in [2.45, 2.75) is 18.4 Å². The fraction of sp³-hybridized carbons (Fsp3) is 0.333. The Morgan fingerprint density at radius 1 is 1.36 bits per heavy atom. The van der Waals surface area contributed by atoms with E-state index in [4.69, 9.17) is 10.2 Å². The number of aliphatic hydroxyl groups is 1. The lowest BCUT2D eigenvalue weighted by molar-refractivity contribution is 0.271. The quantitative estimate of drug-likeness (QED) is 0.632. The maximum atomic E-state index is 9.09. The molecule has 1 aromatic carbocycles. The van der Waals surface area contributed by atoms with Gasteiger partial charge in [-0.05, 0) is 24.1 Å². The minimum Gasteiger partial charge on any atom is -0.508 e. The molecule has 0 radical (unpaired) electrons. The summed E-state index contributed by atoms with van der Waals surface area (Å²) in [6.45, 7) is 0. The first kappa shape index (κ1) is 6.68. The molecule has 0 amide bonds. The number of hydrogen-bond donors (Lipinski definition) is 2. The van der Waals surface area contributed by atoms with Gasteiger partial charge in [-0.1, -0.05) is 12.1 Å². The molecule has 0 saturated heterocycles. The summed E-state index contributed by atoms with van der Waals surface area (Å²) in [7, 11) is 0. The molecule has 0 spiro atoms. The van der Waals surface area contributed by atoms with Crippen molar-refractivity contribution in [3.05, 3.63) is 29.8 Å². The Hall–Kier alpha value is -1.02. The van der Waals surface area contributed by atoms with Crippen LogP contribution in [0.5, 0.6) is 5.75 Å². The molecule has 0 bridgehead atoms. The van der Waals surface area contributed by atoms with E-state index in [0.717, 1.165) is 12.0 Å². The molecule has 11 heavy (non-hydrogen) atoms. The molecule has 2 rings (SSSR count). The SMILES string of the molecule is Oc1cccc(C2CC2O)c1. The van der Waals surface area contributed by atoms with Crippen LogP contribution >= 0.6 is 0 Å². The molecule has 58 valence electrons. The maximum absolute atomic E-state index is 9.09. The van der Waals surface area contributed by atoms with E-state index in [1.54, 1.807) is 18.2 Å². The maximum Gasteiger partial charge on any atom is 0.115 e. The number of benzene rings is 1. The Labute approximate surface area is 65.1 Å². The molecule has 0 heterocycles. The zero-order valence-electron chi connectivity index (χ0n) is 6.07. The average molecular weight is 150 g/mol. The molecule has 2 unspecified atom stereocenters.